The highest BCUT2D eigenvalue weighted by molar-refractivity contribution is 5.94. The van der Waals surface area contributed by atoms with Gasteiger partial charge in [0, 0.05) is 5.56 Å². The number of imidazole rings is 1. The van der Waals surface area contributed by atoms with Crippen molar-refractivity contribution in [2.45, 2.75) is 32.9 Å². The lowest BCUT2D eigenvalue weighted by Gasteiger charge is -2.19. The van der Waals surface area contributed by atoms with Gasteiger partial charge in [-0.05, 0) is 50.6 Å². The van der Waals surface area contributed by atoms with E-state index in [9.17, 15) is 14.4 Å². The molecular weight excluding hydrogens is 346 g/mol. The first kappa shape index (κ1) is 18.4. The van der Waals surface area contributed by atoms with E-state index in [0.717, 1.165) is 5.56 Å². The molecule has 0 aliphatic rings. The molecule has 0 spiro atoms. The van der Waals surface area contributed by atoms with Gasteiger partial charge in [-0.3, -0.25) is 9.59 Å². The molecule has 27 heavy (non-hydrogen) atoms. The van der Waals surface area contributed by atoms with Crippen LogP contribution in [0, 0.1) is 0 Å². The zero-order valence-electron chi connectivity index (χ0n) is 15.3. The second kappa shape index (κ2) is 7.49. The van der Waals surface area contributed by atoms with Crippen molar-refractivity contribution in [3.8, 4) is 5.75 Å². The molecule has 0 radical (unpaired) electrons. The molecule has 1 heterocycles. The minimum absolute atomic E-state index is 0.0654. The number of H-pyrrole nitrogens is 2. The summed E-state index contributed by atoms with van der Waals surface area (Å²) in [7, 11) is 0. The van der Waals surface area contributed by atoms with Crippen LogP contribution in [-0.2, 0) is 4.79 Å². The highest BCUT2D eigenvalue weighted by atomic mass is 16.5. The van der Waals surface area contributed by atoms with E-state index < -0.39 is 6.10 Å². The van der Waals surface area contributed by atoms with Gasteiger partial charge in [0.15, 0.2) is 11.9 Å². The van der Waals surface area contributed by atoms with Gasteiger partial charge >= 0.3 is 5.69 Å². The van der Waals surface area contributed by atoms with Crippen LogP contribution < -0.4 is 15.7 Å². The van der Waals surface area contributed by atoms with Crippen LogP contribution in [0.5, 0.6) is 5.75 Å². The standard InChI is InChI=1S/C20H21N3O4/c1-11(14-7-8-17-18(10-14)23-20(26)22-17)21-19(25)13(3)27-16-6-4-5-15(9-16)12(2)24/h4-11,13H,1-3H3,(H,21,25)(H2,22,23,26). The SMILES string of the molecule is CC(=O)c1cccc(OC(C)C(=O)NC(C)c2ccc3[nH]c(=O)[nH]c3c2)c1. The molecule has 2 atom stereocenters. The summed E-state index contributed by atoms with van der Waals surface area (Å²) < 4.78 is 5.66. The van der Waals surface area contributed by atoms with Gasteiger partial charge in [-0.2, -0.15) is 0 Å². The maximum atomic E-state index is 12.5. The molecule has 7 heteroatoms. The number of carbonyl (C=O) groups excluding carboxylic acids is 2. The Morgan fingerprint density at radius 1 is 1.04 bits per heavy atom. The molecule has 7 nitrogen and oxygen atoms in total. The fourth-order valence-electron chi connectivity index (χ4n) is 2.78. The van der Waals surface area contributed by atoms with Gasteiger partial charge in [-0.25, -0.2) is 4.79 Å². The van der Waals surface area contributed by atoms with Gasteiger partial charge in [0.25, 0.3) is 5.91 Å². The van der Waals surface area contributed by atoms with E-state index in [1.807, 2.05) is 19.1 Å². The number of Topliss-reactive ketones (excluding diaryl/α,β-unsaturated/α-hetero) is 1. The second-order valence-corrected chi connectivity index (χ2v) is 6.46. The van der Waals surface area contributed by atoms with Gasteiger partial charge < -0.3 is 20.0 Å². The normalized spacial score (nSPS) is 13.1. The quantitative estimate of drug-likeness (QED) is 0.583. The maximum Gasteiger partial charge on any atom is 0.323 e. The molecular formula is C20H21N3O4. The molecule has 3 N–H and O–H groups in total. The van der Waals surface area contributed by atoms with Gasteiger partial charge in [-0.1, -0.05) is 18.2 Å². The van der Waals surface area contributed by atoms with Crippen LogP contribution >= 0.6 is 0 Å². The number of ketones is 1. The van der Waals surface area contributed by atoms with Crippen molar-refractivity contribution < 1.29 is 14.3 Å². The Morgan fingerprint density at radius 3 is 2.52 bits per heavy atom. The van der Waals surface area contributed by atoms with Crippen molar-refractivity contribution in [3.63, 3.8) is 0 Å². The van der Waals surface area contributed by atoms with E-state index in [-0.39, 0.29) is 23.4 Å². The Hall–Kier alpha value is -3.35. The summed E-state index contributed by atoms with van der Waals surface area (Å²) in [6, 6.07) is 11.9. The zero-order chi connectivity index (χ0) is 19.6. The van der Waals surface area contributed by atoms with Crippen LogP contribution in [-0.4, -0.2) is 27.8 Å². The number of fused-ring (bicyclic) bond motifs is 1. The van der Waals surface area contributed by atoms with Crippen LogP contribution in [0.1, 0.15) is 42.7 Å². The number of amides is 1. The maximum absolute atomic E-state index is 12.5. The Labute approximate surface area is 155 Å². The predicted octanol–water partition coefficient (Wildman–Crippen LogP) is 2.70. The van der Waals surface area contributed by atoms with E-state index in [2.05, 4.69) is 15.3 Å². The molecule has 0 bridgehead atoms. The fourth-order valence-corrected chi connectivity index (χ4v) is 2.78. The van der Waals surface area contributed by atoms with Crippen LogP contribution in [0.4, 0.5) is 0 Å². The van der Waals surface area contributed by atoms with E-state index >= 15 is 0 Å². The number of ether oxygens (including phenoxy) is 1. The number of benzene rings is 2. The predicted molar refractivity (Wildman–Crippen MR) is 102 cm³/mol. The van der Waals surface area contributed by atoms with Crippen molar-refractivity contribution in [2.75, 3.05) is 0 Å². The molecule has 0 aliphatic carbocycles. The Kier molecular flexibility index (Phi) is 5.12. The average Bonchev–Trinajstić information content (AvgIpc) is 3.00. The third-order valence-corrected chi connectivity index (χ3v) is 4.32. The van der Waals surface area contributed by atoms with Crippen molar-refractivity contribution in [2.24, 2.45) is 0 Å². The largest absolute Gasteiger partial charge is 0.481 e. The number of carbonyl (C=O) groups is 2. The first-order valence-corrected chi connectivity index (χ1v) is 8.63. The molecule has 140 valence electrons. The number of hydrogen-bond donors (Lipinski definition) is 3. The lowest BCUT2D eigenvalue weighted by atomic mass is 10.1. The second-order valence-electron chi connectivity index (χ2n) is 6.46. The van der Waals surface area contributed by atoms with Crippen LogP contribution in [0.25, 0.3) is 11.0 Å². The Morgan fingerprint density at radius 2 is 1.78 bits per heavy atom. The van der Waals surface area contributed by atoms with Gasteiger partial charge in [0.05, 0.1) is 17.1 Å². The van der Waals surface area contributed by atoms with Gasteiger partial charge in [0.2, 0.25) is 0 Å². The lowest BCUT2D eigenvalue weighted by Crippen LogP contribution is -2.37. The first-order chi connectivity index (χ1) is 12.8. The number of hydrogen-bond acceptors (Lipinski definition) is 4. The smallest absolute Gasteiger partial charge is 0.323 e. The highest BCUT2D eigenvalue weighted by Crippen LogP contribution is 2.18. The molecule has 0 fully saturated rings. The average molecular weight is 367 g/mol. The van der Waals surface area contributed by atoms with Crippen molar-refractivity contribution >= 4 is 22.7 Å². The fraction of sp³-hybridized carbons (Fsp3) is 0.250. The first-order valence-electron chi connectivity index (χ1n) is 8.63. The lowest BCUT2D eigenvalue weighted by molar-refractivity contribution is -0.127. The zero-order valence-corrected chi connectivity index (χ0v) is 15.3. The monoisotopic (exact) mass is 367 g/mol. The van der Waals surface area contributed by atoms with Crippen molar-refractivity contribution in [1.82, 2.24) is 15.3 Å². The molecule has 1 aromatic heterocycles. The number of aromatic nitrogens is 2. The summed E-state index contributed by atoms with van der Waals surface area (Å²) in [6.45, 7) is 4.98. The van der Waals surface area contributed by atoms with Crippen molar-refractivity contribution in [1.29, 1.82) is 0 Å². The Bertz CT molecular complexity index is 1050. The summed E-state index contributed by atoms with van der Waals surface area (Å²) in [5.41, 5.74) is 2.51. The summed E-state index contributed by atoms with van der Waals surface area (Å²) in [4.78, 5) is 40.6. The topological polar surface area (TPSA) is 104 Å². The molecule has 0 saturated heterocycles. The highest BCUT2D eigenvalue weighted by Gasteiger charge is 2.18. The molecule has 0 saturated carbocycles. The molecule has 2 unspecified atom stereocenters. The molecule has 2 aromatic carbocycles. The van der Waals surface area contributed by atoms with Gasteiger partial charge in [-0.15, -0.1) is 0 Å². The van der Waals surface area contributed by atoms with E-state index in [4.69, 9.17) is 4.74 Å². The summed E-state index contributed by atoms with van der Waals surface area (Å²) >= 11 is 0. The number of rotatable bonds is 6. The number of aromatic amines is 2. The number of nitrogens with one attached hydrogen (secondary N) is 3. The van der Waals surface area contributed by atoms with E-state index in [1.165, 1.54) is 6.92 Å². The van der Waals surface area contributed by atoms with Gasteiger partial charge in [0.1, 0.15) is 5.75 Å². The third kappa shape index (κ3) is 4.25. The molecule has 0 aliphatic heterocycles. The molecule has 3 rings (SSSR count). The molecule has 3 aromatic rings. The minimum atomic E-state index is -0.731. The summed E-state index contributed by atoms with van der Waals surface area (Å²) in [5, 5.41) is 2.89. The van der Waals surface area contributed by atoms with E-state index in [1.54, 1.807) is 37.3 Å². The summed E-state index contributed by atoms with van der Waals surface area (Å²) in [5.74, 6) is 0.118. The van der Waals surface area contributed by atoms with Crippen LogP contribution in [0.2, 0.25) is 0 Å². The van der Waals surface area contributed by atoms with Crippen LogP contribution in [0.3, 0.4) is 0 Å². The Balaban J connectivity index is 1.66. The van der Waals surface area contributed by atoms with E-state index in [0.29, 0.717) is 22.3 Å². The minimum Gasteiger partial charge on any atom is -0.481 e. The van der Waals surface area contributed by atoms with Crippen molar-refractivity contribution in [3.05, 3.63) is 64.1 Å². The van der Waals surface area contributed by atoms with Crippen LogP contribution in [0.15, 0.2) is 47.3 Å². The molecule has 1 amide bonds. The summed E-state index contributed by atoms with van der Waals surface area (Å²) in [6.07, 6.45) is -0.731. The third-order valence-electron chi connectivity index (χ3n) is 4.32.